The SMILES string of the molecule is CCCCCC(=O)O.NC(N)=NCCC[C@H](N)C(=O)O. The van der Waals surface area contributed by atoms with E-state index in [2.05, 4.69) is 11.9 Å². The van der Waals surface area contributed by atoms with E-state index >= 15 is 0 Å². The summed E-state index contributed by atoms with van der Waals surface area (Å²) in [7, 11) is 0. The molecule has 118 valence electrons. The maximum Gasteiger partial charge on any atom is 0.320 e. The second-order valence-corrected chi connectivity index (χ2v) is 4.24. The third kappa shape index (κ3) is 18.5. The van der Waals surface area contributed by atoms with Gasteiger partial charge in [-0.1, -0.05) is 19.8 Å². The van der Waals surface area contributed by atoms with Gasteiger partial charge in [-0.3, -0.25) is 14.6 Å². The Kier molecular flexibility index (Phi) is 13.9. The van der Waals surface area contributed by atoms with Crippen LogP contribution in [-0.4, -0.2) is 40.7 Å². The maximum absolute atomic E-state index is 10.2. The van der Waals surface area contributed by atoms with Gasteiger partial charge in [0, 0.05) is 13.0 Å². The van der Waals surface area contributed by atoms with Crippen LogP contribution >= 0.6 is 0 Å². The van der Waals surface area contributed by atoms with Crippen molar-refractivity contribution in [1.82, 2.24) is 0 Å². The summed E-state index contributed by atoms with van der Waals surface area (Å²) in [4.78, 5) is 23.8. The molecule has 0 aliphatic heterocycles. The molecule has 0 spiro atoms. The molecule has 8 heteroatoms. The van der Waals surface area contributed by atoms with Crippen LogP contribution in [0.25, 0.3) is 0 Å². The van der Waals surface area contributed by atoms with Gasteiger partial charge in [-0.2, -0.15) is 0 Å². The third-order valence-corrected chi connectivity index (χ3v) is 2.28. The van der Waals surface area contributed by atoms with Crippen molar-refractivity contribution in [3.05, 3.63) is 0 Å². The van der Waals surface area contributed by atoms with Crippen molar-refractivity contribution in [1.29, 1.82) is 0 Å². The predicted molar refractivity (Wildman–Crippen MR) is 77.3 cm³/mol. The Bertz CT molecular complexity index is 304. The Morgan fingerprint density at radius 3 is 2.15 bits per heavy atom. The molecule has 0 radical (unpaired) electrons. The molecule has 0 aromatic carbocycles. The number of hydrogen-bond donors (Lipinski definition) is 5. The van der Waals surface area contributed by atoms with Gasteiger partial charge in [0.15, 0.2) is 5.96 Å². The maximum atomic E-state index is 10.2. The minimum Gasteiger partial charge on any atom is -0.481 e. The Morgan fingerprint density at radius 2 is 1.75 bits per heavy atom. The van der Waals surface area contributed by atoms with E-state index in [0.717, 1.165) is 19.3 Å². The summed E-state index contributed by atoms with van der Waals surface area (Å²) >= 11 is 0. The monoisotopic (exact) mass is 290 g/mol. The quantitative estimate of drug-likeness (QED) is 0.228. The Labute approximate surface area is 119 Å². The van der Waals surface area contributed by atoms with Gasteiger partial charge in [-0.25, -0.2) is 0 Å². The van der Waals surface area contributed by atoms with Crippen molar-refractivity contribution < 1.29 is 19.8 Å². The molecule has 1 atom stereocenters. The zero-order valence-electron chi connectivity index (χ0n) is 11.9. The van der Waals surface area contributed by atoms with Crippen LogP contribution in [0, 0.1) is 0 Å². The average molecular weight is 290 g/mol. The Morgan fingerprint density at radius 1 is 1.15 bits per heavy atom. The molecule has 0 aliphatic carbocycles. The highest BCUT2D eigenvalue weighted by Crippen LogP contribution is 1.97. The van der Waals surface area contributed by atoms with Crippen LogP contribution in [0.4, 0.5) is 0 Å². The number of aliphatic carboxylic acids is 2. The molecule has 0 saturated heterocycles. The number of hydrogen-bond acceptors (Lipinski definition) is 4. The molecule has 0 aliphatic rings. The lowest BCUT2D eigenvalue weighted by Gasteiger charge is -2.03. The molecule has 0 bridgehead atoms. The molecule has 0 rings (SSSR count). The fourth-order valence-corrected chi connectivity index (χ4v) is 1.17. The van der Waals surface area contributed by atoms with Crippen LogP contribution in [0.3, 0.4) is 0 Å². The number of nitrogens with zero attached hydrogens (tertiary/aromatic N) is 1. The predicted octanol–water partition coefficient (Wildman–Crippen LogP) is 0.103. The molecule has 8 N–H and O–H groups in total. The van der Waals surface area contributed by atoms with E-state index < -0.39 is 18.0 Å². The molecule has 0 saturated carbocycles. The number of aliphatic imine (C=N–C) groups is 1. The average Bonchev–Trinajstić information content (AvgIpc) is 2.34. The molecular formula is C12H26N4O4. The van der Waals surface area contributed by atoms with E-state index in [1.54, 1.807) is 0 Å². The van der Waals surface area contributed by atoms with Gasteiger partial charge < -0.3 is 27.4 Å². The molecule has 0 amide bonds. The first-order valence-corrected chi connectivity index (χ1v) is 6.56. The Balaban J connectivity index is 0. The van der Waals surface area contributed by atoms with Crippen LogP contribution in [0.5, 0.6) is 0 Å². The summed E-state index contributed by atoms with van der Waals surface area (Å²) in [5.41, 5.74) is 15.3. The second-order valence-electron chi connectivity index (χ2n) is 4.24. The minimum atomic E-state index is -1.00. The normalized spacial score (nSPS) is 10.9. The second kappa shape index (κ2) is 13.6. The van der Waals surface area contributed by atoms with Crippen molar-refractivity contribution in [2.45, 2.75) is 51.5 Å². The topological polar surface area (TPSA) is 165 Å². The van der Waals surface area contributed by atoms with Crippen LogP contribution < -0.4 is 17.2 Å². The number of unbranched alkanes of at least 4 members (excludes halogenated alkanes) is 2. The van der Waals surface area contributed by atoms with Gasteiger partial charge in [0.25, 0.3) is 0 Å². The zero-order chi connectivity index (χ0) is 16.0. The van der Waals surface area contributed by atoms with Gasteiger partial charge >= 0.3 is 11.9 Å². The number of rotatable bonds is 9. The highest BCUT2D eigenvalue weighted by atomic mass is 16.4. The molecule has 8 nitrogen and oxygen atoms in total. The van der Waals surface area contributed by atoms with Crippen molar-refractivity contribution >= 4 is 17.9 Å². The molecular weight excluding hydrogens is 264 g/mol. The molecule has 0 fully saturated rings. The van der Waals surface area contributed by atoms with E-state index in [-0.39, 0.29) is 5.96 Å². The van der Waals surface area contributed by atoms with Crippen molar-refractivity contribution in [2.24, 2.45) is 22.2 Å². The fourth-order valence-electron chi connectivity index (χ4n) is 1.17. The smallest absolute Gasteiger partial charge is 0.320 e. The summed E-state index contributed by atoms with van der Waals surface area (Å²) in [5, 5.41) is 16.5. The summed E-state index contributed by atoms with van der Waals surface area (Å²) in [6.07, 6.45) is 4.23. The third-order valence-electron chi connectivity index (χ3n) is 2.28. The van der Waals surface area contributed by atoms with E-state index in [0.29, 0.717) is 25.8 Å². The molecule has 0 aromatic heterocycles. The first-order chi connectivity index (χ1) is 9.31. The minimum absolute atomic E-state index is 0.0129. The summed E-state index contributed by atoms with van der Waals surface area (Å²) in [6, 6.07) is -0.820. The lowest BCUT2D eigenvalue weighted by Crippen LogP contribution is -2.30. The highest BCUT2D eigenvalue weighted by molar-refractivity contribution is 5.75. The number of carboxylic acid groups (broad SMARTS) is 2. The Hall–Kier alpha value is -1.83. The number of carboxylic acids is 2. The van der Waals surface area contributed by atoms with E-state index in [4.69, 9.17) is 27.4 Å². The first kappa shape index (κ1) is 20.5. The lowest BCUT2D eigenvalue weighted by atomic mass is 10.2. The molecule has 0 aromatic rings. The van der Waals surface area contributed by atoms with Gasteiger partial charge in [0.2, 0.25) is 0 Å². The number of guanidine groups is 1. The van der Waals surface area contributed by atoms with E-state index in [1.807, 2.05) is 0 Å². The van der Waals surface area contributed by atoms with Crippen LogP contribution in [0.15, 0.2) is 4.99 Å². The van der Waals surface area contributed by atoms with Gasteiger partial charge in [0.05, 0.1) is 0 Å². The molecule has 0 heterocycles. The molecule has 20 heavy (non-hydrogen) atoms. The zero-order valence-corrected chi connectivity index (χ0v) is 11.9. The highest BCUT2D eigenvalue weighted by Gasteiger charge is 2.09. The van der Waals surface area contributed by atoms with Gasteiger partial charge in [-0.05, 0) is 19.3 Å². The van der Waals surface area contributed by atoms with Crippen molar-refractivity contribution in [3.8, 4) is 0 Å². The van der Waals surface area contributed by atoms with Crippen LogP contribution in [0.2, 0.25) is 0 Å². The fraction of sp³-hybridized carbons (Fsp3) is 0.750. The van der Waals surface area contributed by atoms with Crippen molar-refractivity contribution in [2.75, 3.05) is 6.54 Å². The summed E-state index contributed by atoms with van der Waals surface area (Å²) < 4.78 is 0. The van der Waals surface area contributed by atoms with Crippen molar-refractivity contribution in [3.63, 3.8) is 0 Å². The van der Waals surface area contributed by atoms with Gasteiger partial charge in [-0.15, -0.1) is 0 Å². The van der Waals surface area contributed by atoms with E-state index in [9.17, 15) is 9.59 Å². The summed E-state index contributed by atoms with van der Waals surface area (Å²) in [6.45, 7) is 2.48. The number of carbonyl (C=O) groups is 2. The lowest BCUT2D eigenvalue weighted by molar-refractivity contribution is -0.139. The first-order valence-electron chi connectivity index (χ1n) is 6.56. The standard InChI is InChI=1S/C6H14N4O2.C6H12O2/c7-4(5(11)12)2-1-3-10-6(8)9;1-2-3-4-5-6(7)8/h4H,1-3,7H2,(H,11,12)(H4,8,9,10);2-5H2,1H3,(H,7,8)/t4-;/m0./s1. The summed E-state index contributed by atoms with van der Waals surface area (Å²) in [5.74, 6) is -1.67. The van der Waals surface area contributed by atoms with Crippen LogP contribution in [0.1, 0.15) is 45.4 Å². The molecule has 0 unspecified atom stereocenters. The van der Waals surface area contributed by atoms with Gasteiger partial charge in [0.1, 0.15) is 6.04 Å². The number of nitrogens with two attached hydrogens (primary N) is 3. The van der Waals surface area contributed by atoms with Crippen LogP contribution in [-0.2, 0) is 9.59 Å². The largest absolute Gasteiger partial charge is 0.481 e. The van der Waals surface area contributed by atoms with E-state index in [1.165, 1.54) is 0 Å².